The van der Waals surface area contributed by atoms with Gasteiger partial charge in [0.05, 0.1) is 13.2 Å². The van der Waals surface area contributed by atoms with Crippen LogP contribution in [0.3, 0.4) is 0 Å². The predicted octanol–water partition coefficient (Wildman–Crippen LogP) is 1.82. The summed E-state index contributed by atoms with van der Waals surface area (Å²) in [6, 6.07) is 11.1. The van der Waals surface area contributed by atoms with E-state index in [4.69, 9.17) is 15.3 Å². The van der Waals surface area contributed by atoms with E-state index in [0.29, 0.717) is 0 Å². The minimum absolute atomic E-state index is 0.117. The lowest BCUT2D eigenvalue weighted by atomic mass is 10.0. The Morgan fingerprint density at radius 1 is 1.33 bits per heavy atom. The average Bonchev–Trinajstić information content (AvgIpc) is 2.30. The first kappa shape index (κ1) is 10.7. The Morgan fingerprint density at radius 2 is 2.00 bits per heavy atom. The fraction of sp³-hybridized carbons (Fsp3) is 0.182. The first-order chi connectivity index (χ1) is 7.33. The van der Waals surface area contributed by atoms with E-state index < -0.39 is 5.92 Å². The van der Waals surface area contributed by atoms with Crippen molar-refractivity contribution in [2.24, 2.45) is 4.99 Å². The second-order valence-corrected chi connectivity index (χ2v) is 2.73. The number of hydrogen-bond acceptors (Lipinski definition) is 4. The van der Waals surface area contributed by atoms with Gasteiger partial charge in [0, 0.05) is 0 Å². The highest BCUT2D eigenvalue weighted by Crippen LogP contribution is 2.16. The van der Waals surface area contributed by atoms with Crippen molar-refractivity contribution in [1.29, 1.82) is 10.5 Å². The van der Waals surface area contributed by atoms with E-state index in [1.807, 2.05) is 24.3 Å². The fourth-order valence-electron chi connectivity index (χ4n) is 1.20. The molecule has 0 amide bonds. The third kappa shape index (κ3) is 2.55. The highest BCUT2D eigenvalue weighted by atomic mass is 16.5. The standard InChI is InChI=1S/C11H9N3O/c1-15-11(14-8-13)10(7-12)9-5-3-2-4-6-9/h2-6,10H,1H3/b14-11+. The summed E-state index contributed by atoms with van der Waals surface area (Å²) in [7, 11) is 1.39. The molecule has 1 atom stereocenters. The van der Waals surface area contributed by atoms with Crippen molar-refractivity contribution < 1.29 is 4.74 Å². The van der Waals surface area contributed by atoms with Gasteiger partial charge in [-0.2, -0.15) is 10.5 Å². The molecule has 1 aromatic rings. The fourth-order valence-corrected chi connectivity index (χ4v) is 1.20. The second kappa shape index (κ2) is 5.41. The van der Waals surface area contributed by atoms with Gasteiger partial charge in [0.25, 0.3) is 0 Å². The van der Waals surface area contributed by atoms with Gasteiger partial charge < -0.3 is 4.74 Å². The maximum Gasteiger partial charge on any atom is 0.221 e. The zero-order valence-electron chi connectivity index (χ0n) is 8.21. The summed E-state index contributed by atoms with van der Waals surface area (Å²) in [5.41, 5.74) is 0.760. The molecule has 0 heterocycles. The Kier molecular flexibility index (Phi) is 3.88. The van der Waals surface area contributed by atoms with Gasteiger partial charge in [-0.05, 0) is 5.56 Å². The Hall–Kier alpha value is -2.33. The number of nitrogens with zero attached hydrogens (tertiary/aromatic N) is 3. The molecule has 0 N–H and O–H groups in total. The molecule has 0 bridgehead atoms. The predicted molar refractivity (Wildman–Crippen MR) is 54.9 cm³/mol. The van der Waals surface area contributed by atoms with Crippen LogP contribution in [0, 0.1) is 22.8 Å². The van der Waals surface area contributed by atoms with E-state index in [2.05, 4.69) is 4.99 Å². The third-order valence-corrected chi connectivity index (χ3v) is 1.88. The van der Waals surface area contributed by atoms with Crippen molar-refractivity contribution in [1.82, 2.24) is 0 Å². The molecule has 0 aromatic heterocycles. The van der Waals surface area contributed by atoms with Gasteiger partial charge in [-0.25, -0.2) is 0 Å². The Balaban J connectivity index is 3.06. The lowest BCUT2D eigenvalue weighted by Gasteiger charge is -2.09. The van der Waals surface area contributed by atoms with Crippen LogP contribution in [-0.2, 0) is 4.74 Å². The van der Waals surface area contributed by atoms with Gasteiger partial charge in [0.2, 0.25) is 12.1 Å². The summed E-state index contributed by atoms with van der Waals surface area (Å²) in [5.74, 6) is -0.512. The van der Waals surface area contributed by atoms with Crippen LogP contribution in [0.25, 0.3) is 0 Å². The number of rotatable bonds is 2. The molecule has 0 saturated carbocycles. The van der Waals surface area contributed by atoms with Crippen LogP contribution >= 0.6 is 0 Å². The van der Waals surface area contributed by atoms with Crippen LogP contribution in [-0.4, -0.2) is 13.0 Å². The zero-order chi connectivity index (χ0) is 11.1. The van der Waals surface area contributed by atoms with Crippen molar-refractivity contribution in [3.05, 3.63) is 35.9 Å². The molecule has 0 spiro atoms. The number of ether oxygens (including phenoxy) is 1. The minimum atomic E-state index is -0.629. The van der Waals surface area contributed by atoms with E-state index in [0.717, 1.165) is 5.56 Å². The molecule has 0 aliphatic carbocycles. The molecule has 1 aromatic carbocycles. The molecular formula is C11H9N3O. The molecule has 15 heavy (non-hydrogen) atoms. The highest BCUT2D eigenvalue weighted by molar-refractivity contribution is 5.87. The number of methoxy groups -OCH3 is 1. The zero-order valence-corrected chi connectivity index (χ0v) is 8.21. The molecule has 74 valence electrons. The second-order valence-electron chi connectivity index (χ2n) is 2.73. The van der Waals surface area contributed by atoms with Crippen molar-refractivity contribution >= 4 is 5.90 Å². The normalized spacial score (nSPS) is 12.3. The topological polar surface area (TPSA) is 69.2 Å². The van der Waals surface area contributed by atoms with Crippen molar-refractivity contribution in [3.8, 4) is 12.3 Å². The Bertz CT molecular complexity index is 425. The maximum absolute atomic E-state index is 8.99. The number of benzene rings is 1. The number of hydrogen-bond donors (Lipinski definition) is 0. The third-order valence-electron chi connectivity index (χ3n) is 1.88. The van der Waals surface area contributed by atoms with Crippen LogP contribution in [0.1, 0.15) is 11.5 Å². The molecule has 0 fully saturated rings. The molecule has 4 heteroatoms. The van der Waals surface area contributed by atoms with Crippen molar-refractivity contribution in [2.75, 3.05) is 7.11 Å². The molecule has 0 saturated heterocycles. The molecule has 1 unspecified atom stereocenters. The molecule has 0 aliphatic heterocycles. The van der Waals surface area contributed by atoms with Gasteiger partial charge >= 0.3 is 0 Å². The minimum Gasteiger partial charge on any atom is -0.482 e. The largest absolute Gasteiger partial charge is 0.482 e. The van der Waals surface area contributed by atoms with Gasteiger partial charge in [0.15, 0.2) is 0 Å². The van der Waals surface area contributed by atoms with Crippen molar-refractivity contribution in [2.45, 2.75) is 5.92 Å². The van der Waals surface area contributed by atoms with E-state index in [1.54, 1.807) is 18.3 Å². The lowest BCUT2D eigenvalue weighted by Crippen LogP contribution is -2.12. The van der Waals surface area contributed by atoms with Crippen LogP contribution in [0.2, 0.25) is 0 Å². The van der Waals surface area contributed by atoms with Gasteiger partial charge in [-0.15, -0.1) is 4.99 Å². The summed E-state index contributed by atoms with van der Waals surface area (Å²) in [6.07, 6.45) is 1.62. The van der Waals surface area contributed by atoms with Crippen molar-refractivity contribution in [3.63, 3.8) is 0 Å². The Morgan fingerprint density at radius 3 is 2.47 bits per heavy atom. The number of nitriles is 2. The summed E-state index contributed by atoms with van der Waals surface area (Å²) in [6.45, 7) is 0. The molecule has 1 rings (SSSR count). The number of aliphatic imine (C=N–C) groups is 1. The average molecular weight is 199 g/mol. The summed E-state index contributed by atoms with van der Waals surface area (Å²) in [4.78, 5) is 3.47. The smallest absolute Gasteiger partial charge is 0.221 e. The lowest BCUT2D eigenvalue weighted by molar-refractivity contribution is 0.390. The molecular weight excluding hydrogens is 190 g/mol. The van der Waals surface area contributed by atoms with E-state index in [-0.39, 0.29) is 5.90 Å². The van der Waals surface area contributed by atoms with Crippen LogP contribution in [0.4, 0.5) is 0 Å². The van der Waals surface area contributed by atoms with Crippen LogP contribution in [0.5, 0.6) is 0 Å². The van der Waals surface area contributed by atoms with E-state index in [1.165, 1.54) is 7.11 Å². The summed E-state index contributed by atoms with van der Waals surface area (Å²) in [5, 5.41) is 17.4. The monoisotopic (exact) mass is 199 g/mol. The summed E-state index contributed by atoms with van der Waals surface area (Å²) >= 11 is 0. The molecule has 0 aliphatic rings. The Labute approximate surface area is 88.1 Å². The van der Waals surface area contributed by atoms with Crippen LogP contribution < -0.4 is 0 Å². The van der Waals surface area contributed by atoms with Gasteiger partial charge in [0.1, 0.15) is 5.92 Å². The quantitative estimate of drug-likeness (QED) is 0.414. The summed E-state index contributed by atoms with van der Waals surface area (Å²) < 4.78 is 4.90. The molecule has 0 radical (unpaired) electrons. The van der Waals surface area contributed by atoms with Gasteiger partial charge in [-0.3, -0.25) is 0 Å². The first-order valence-electron chi connectivity index (χ1n) is 4.28. The van der Waals surface area contributed by atoms with Crippen LogP contribution in [0.15, 0.2) is 35.3 Å². The highest BCUT2D eigenvalue weighted by Gasteiger charge is 2.18. The molecule has 4 nitrogen and oxygen atoms in total. The first-order valence-corrected chi connectivity index (χ1v) is 4.28. The SMILES string of the molecule is CO/C(=N/C#N)C(C#N)c1ccccc1. The van der Waals surface area contributed by atoms with E-state index >= 15 is 0 Å². The van der Waals surface area contributed by atoms with E-state index in [9.17, 15) is 0 Å². The maximum atomic E-state index is 8.99. The van der Waals surface area contributed by atoms with Gasteiger partial charge in [-0.1, -0.05) is 30.3 Å².